The summed E-state index contributed by atoms with van der Waals surface area (Å²) < 4.78 is 5.14. The average molecular weight is 279 g/mol. The molecule has 4 heteroatoms. The van der Waals surface area contributed by atoms with E-state index < -0.39 is 11.7 Å². The van der Waals surface area contributed by atoms with E-state index in [0.717, 1.165) is 18.4 Å². The van der Waals surface area contributed by atoms with Crippen LogP contribution >= 0.6 is 0 Å². The van der Waals surface area contributed by atoms with Gasteiger partial charge in [-0.05, 0) is 45.6 Å². The van der Waals surface area contributed by atoms with Gasteiger partial charge in [0.05, 0.1) is 6.10 Å². The minimum absolute atomic E-state index is 0.388. The fourth-order valence-corrected chi connectivity index (χ4v) is 1.81. The summed E-state index contributed by atoms with van der Waals surface area (Å²) in [4.78, 5) is 11.4. The van der Waals surface area contributed by atoms with Gasteiger partial charge in [0.15, 0.2) is 0 Å². The molecule has 1 aromatic rings. The Morgan fingerprint density at radius 1 is 1.25 bits per heavy atom. The lowest BCUT2D eigenvalue weighted by Crippen LogP contribution is -2.33. The van der Waals surface area contributed by atoms with Gasteiger partial charge in [-0.25, -0.2) is 4.79 Å². The van der Waals surface area contributed by atoms with Crippen molar-refractivity contribution in [1.82, 2.24) is 5.32 Å². The molecule has 0 aliphatic rings. The van der Waals surface area contributed by atoms with Crippen LogP contribution in [0.1, 0.15) is 51.7 Å². The number of ether oxygens (including phenoxy) is 1. The lowest BCUT2D eigenvalue weighted by molar-refractivity contribution is 0.0526. The fraction of sp³-hybridized carbons (Fsp3) is 0.562. The first kappa shape index (κ1) is 16.5. The Morgan fingerprint density at radius 2 is 1.90 bits per heavy atom. The zero-order valence-corrected chi connectivity index (χ0v) is 12.6. The number of hydrogen-bond donors (Lipinski definition) is 2. The molecule has 0 heterocycles. The largest absolute Gasteiger partial charge is 0.444 e. The van der Waals surface area contributed by atoms with Gasteiger partial charge in [-0.1, -0.05) is 30.3 Å². The van der Waals surface area contributed by atoms with E-state index in [1.807, 2.05) is 51.1 Å². The maximum Gasteiger partial charge on any atom is 0.407 e. The Kier molecular flexibility index (Phi) is 6.52. The van der Waals surface area contributed by atoms with Crippen molar-refractivity contribution in [1.29, 1.82) is 0 Å². The summed E-state index contributed by atoms with van der Waals surface area (Å²) in [6, 6.07) is 9.61. The molecule has 2 N–H and O–H groups in total. The molecule has 1 amide bonds. The van der Waals surface area contributed by atoms with Gasteiger partial charge in [0.2, 0.25) is 0 Å². The van der Waals surface area contributed by atoms with Gasteiger partial charge in [0.1, 0.15) is 5.60 Å². The zero-order valence-electron chi connectivity index (χ0n) is 12.6. The quantitative estimate of drug-likeness (QED) is 0.784. The highest BCUT2D eigenvalue weighted by Gasteiger charge is 2.15. The standard InChI is InChI=1S/C16H25NO3/c1-16(2,3)20-15(19)17-12-8-7-11-14(18)13-9-5-4-6-10-13/h4-6,9-10,14,18H,7-8,11-12H2,1-3H3,(H,17,19)/t14-/m1/s1. The second kappa shape index (κ2) is 7.90. The highest BCUT2D eigenvalue weighted by molar-refractivity contribution is 5.67. The van der Waals surface area contributed by atoms with Crippen LogP contribution in [0.5, 0.6) is 0 Å². The Balaban J connectivity index is 2.12. The topological polar surface area (TPSA) is 58.6 Å². The smallest absolute Gasteiger partial charge is 0.407 e. The van der Waals surface area contributed by atoms with Crippen molar-refractivity contribution in [3.05, 3.63) is 35.9 Å². The van der Waals surface area contributed by atoms with Gasteiger partial charge in [-0.15, -0.1) is 0 Å². The summed E-state index contributed by atoms with van der Waals surface area (Å²) in [7, 11) is 0. The van der Waals surface area contributed by atoms with Crippen LogP contribution in [-0.2, 0) is 4.74 Å². The lowest BCUT2D eigenvalue weighted by atomic mass is 10.0. The van der Waals surface area contributed by atoms with Crippen LogP contribution < -0.4 is 5.32 Å². The zero-order chi connectivity index (χ0) is 15.0. The predicted octanol–water partition coefficient (Wildman–Crippen LogP) is 3.42. The van der Waals surface area contributed by atoms with E-state index in [9.17, 15) is 9.90 Å². The number of unbranched alkanes of at least 4 members (excludes halogenated alkanes) is 1. The van der Waals surface area contributed by atoms with Crippen LogP contribution in [-0.4, -0.2) is 23.3 Å². The molecule has 0 bridgehead atoms. The second-order valence-corrected chi connectivity index (χ2v) is 5.85. The van der Waals surface area contributed by atoms with Gasteiger partial charge in [-0.3, -0.25) is 0 Å². The van der Waals surface area contributed by atoms with Gasteiger partial charge >= 0.3 is 6.09 Å². The monoisotopic (exact) mass is 279 g/mol. The van der Waals surface area contributed by atoms with E-state index in [1.165, 1.54) is 0 Å². The van der Waals surface area contributed by atoms with Crippen LogP contribution in [0.4, 0.5) is 4.79 Å². The molecule has 0 aliphatic heterocycles. The normalized spacial score (nSPS) is 12.8. The number of nitrogens with one attached hydrogen (secondary N) is 1. The SMILES string of the molecule is CC(C)(C)OC(=O)NCCCC[C@@H](O)c1ccccc1. The van der Waals surface area contributed by atoms with Crippen molar-refractivity contribution < 1.29 is 14.6 Å². The van der Waals surface area contributed by atoms with E-state index in [2.05, 4.69) is 5.32 Å². The van der Waals surface area contributed by atoms with E-state index in [4.69, 9.17) is 4.74 Å². The Hall–Kier alpha value is -1.55. The van der Waals surface area contributed by atoms with Gasteiger partial charge in [0.25, 0.3) is 0 Å². The lowest BCUT2D eigenvalue weighted by Gasteiger charge is -2.19. The van der Waals surface area contributed by atoms with Crippen molar-refractivity contribution >= 4 is 6.09 Å². The first-order valence-corrected chi connectivity index (χ1v) is 7.08. The number of hydrogen-bond acceptors (Lipinski definition) is 3. The minimum Gasteiger partial charge on any atom is -0.444 e. The van der Waals surface area contributed by atoms with Gasteiger partial charge in [0, 0.05) is 6.54 Å². The maximum atomic E-state index is 11.4. The molecule has 1 aromatic carbocycles. The summed E-state index contributed by atoms with van der Waals surface area (Å²) in [6.45, 7) is 6.07. The van der Waals surface area contributed by atoms with Crippen molar-refractivity contribution in [3.8, 4) is 0 Å². The van der Waals surface area contributed by atoms with Gasteiger partial charge in [-0.2, -0.15) is 0 Å². The Bertz CT molecular complexity index is 398. The molecule has 0 saturated heterocycles. The van der Waals surface area contributed by atoms with E-state index in [0.29, 0.717) is 13.0 Å². The van der Waals surface area contributed by atoms with E-state index in [-0.39, 0.29) is 6.09 Å². The van der Waals surface area contributed by atoms with Crippen molar-refractivity contribution in [2.45, 2.75) is 51.7 Å². The van der Waals surface area contributed by atoms with Gasteiger partial charge < -0.3 is 15.2 Å². The highest BCUT2D eigenvalue weighted by atomic mass is 16.6. The summed E-state index contributed by atoms with van der Waals surface area (Å²) in [5, 5.41) is 12.7. The molecular weight excluding hydrogens is 254 g/mol. The Labute approximate surface area is 121 Å². The van der Waals surface area contributed by atoms with Crippen LogP contribution in [0.2, 0.25) is 0 Å². The molecule has 0 unspecified atom stereocenters. The maximum absolute atomic E-state index is 11.4. The van der Waals surface area contributed by atoms with Crippen LogP contribution in [0, 0.1) is 0 Å². The molecule has 112 valence electrons. The number of amides is 1. The number of rotatable bonds is 6. The molecule has 1 atom stereocenters. The summed E-state index contributed by atoms with van der Waals surface area (Å²) in [6.07, 6.45) is 1.55. The van der Waals surface area contributed by atoms with Crippen LogP contribution in [0.15, 0.2) is 30.3 Å². The summed E-state index contributed by atoms with van der Waals surface area (Å²) in [5.74, 6) is 0. The number of carbonyl (C=O) groups excluding carboxylic acids is 1. The number of aliphatic hydroxyl groups is 1. The summed E-state index contributed by atoms with van der Waals surface area (Å²) in [5.41, 5.74) is 0.473. The number of carbonyl (C=O) groups is 1. The third-order valence-electron chi connectivity index (χ3n) is 2.76. The number of alkyl carbamates (subject to hydrolysis) is 1. The molecule has 4 nitrogen and oxygen atoms in total. The highest BCUT2D eigenvalue weighted by Crippen LogP contribution is 2.18. The van der Waals surface area contributed by atoms with E-state index >= 15 is 0 Å². The molecule has 1 rings (SSSR count). The fourth-order valence-electron chi connectivity index (χ4n) is 1.81. The van der Waals surface area contributed by atoms with Crippen LogP contribution in [0.3, 0.4) is 0 Å². The molecule has 0 spiro atoms. The number of benzene rings is 1. The molecule has 0 aromatic heterocycles. The van der Waals surface area contributed by atoms with E-state index in [1.54, 1.807) is 0 Å². The molecule has 0 aliphatic carbocycles. The predicted molar refractivity (Wildman–Crippen MR) is 79.5 cm³/mol. The summed E-state index contributed by atoms with van der Waals surface area (Å²) >= 11 is 0. The third kappa shape index (κ3) is 7.14. The molecular formula is C16H25NO3. The van der Waals surface area contributed by atoms with Crippen molar-refractivity contribution in [2.24, 2.45) is 0 Å². The minimum atomic E-state index is -0.465. The average Bonchev–Trinajstić information content (AvgIpc) is 2.37. The molecule has 0 fully saturated rings. The number of aliphatic hydroxyl groups excluding tert-OH is 1. The van der Waals surface area contributed by atoms with Crippen LogP contribution in [0.25, 0.3) is 0 Å². The second-order valence-electron chi connectivity index (χ2n) is 5.85. The first-order chi connectivity index (χ1) is 9.38. The first-order valence-electron chi connectivity index (χ1n) is 7.08. The molecule has 0 radical (unpaired) electrons. The Morgan fingerprint density at radius 3 is 2.50 bits per heavy atom. The molecule has 20 heavy (non-hydrogen) atoms. The van der Waals surface area contributed by atoms with Crippen molar-refractivity contribution in [2.75, 3.05) is 6.54 Å². The third-order valence-corrected chi connectivity index (χ3v) is 2.76. The van der Waals surface area contributed by atoms with Crippen molar-refractivity contribution in [3.63, 3.8) is 0 Å². The molecule has 0 saturated carbocycles.